The van der Waals surface area contributed by atoms with Crippen LogP contribution in [0.25, 0.3) is 10.9 Å². The smallest absolute Gasteiger partial charge is 0.267 e. The normalized spacial score (nSPS) is 10.4. The van der Waals surface area contributed by atoms with Gasteiger partial charge in [0.1, 0.15) is 0 Å². The van der Waals surface area contributed by atoms with Gasteiger partial charge in [-0.25, -0.2) is 4.68 Å². The van der Waals surface area contributed by atoms with E-state index in [-0.39, 0.29) is 5.56 Å². The molecule has 2 aromatic rings. The van der Waals surface area contributed by atoms with E-state index < -0.39 is 0 Å². The standard InChI is InChI=1S/C8H7N3O/c1-11-8(12)6-3-2-4-9-7(6)5-10-11/h2-5H,1H3. The number of nitrogens with zero attached hydrogens (tertiary/aromatic N) is 3. The molecule has 2 aromatic heterocycles. The molecular formula is C8H7N3O. The predicted octanol–water partition coefficient (Wildman–Crippen LogP) is 0.328. The van der Waals surface area contributed by atoms with Gasteiger partial charge in [-0.2, -0.15) is 5.10 Å². The lowest BCUT2D eigenvalue weighted by Crippen LogP contribution is -2.19. The number of aryl methyl sites for hydroxylation is 1. The fraction of sp³-hybridized carbons (Fsp3) is 0.125. The van der Waals surface area contributed by atoms with Crippen molar-refractivity contribution < 1.29 is 0 Å². The van der Waals surface area contributed by atoms with Gasteiger partial charge in [-0.05, 0) is 12.1 Å². The number of pyridine rings is 1. The van der Waals surface area contributed by atoms with Crippen LogP contribution in [-0.2, 0) is 7.05 Å². The van der Waals surface area contributed by atoms with Gasteiger partial charge in [0.25, 0.3) is 5.56 Å². The Hall–Kier alpha value is -1.71. The van der Waals surface area contributed by atoms with Crippen LogP contribution in [0.1, 0.15) is 0 Å². The molecule has 0 atom stereocenters. The first kappa shape index (κ1) is 6.97. The number of hydrogen-bond acceptors (Lipinski definition) is 3. The van der Waals surface area contributed by atoms with Crippen molar-refractivity contribution in [2.75, 3.05) is 0 Å². The van der Waals surface area contributed by atoms with Crippen molar-refractivity contribution in [3.05, 3.63) is 34.9 Å². The van der Waals surface area contributed by atoms with Gasteiger partial charge in [0.05, 0.1) is 17.1 Å². The van der Waals surface area contributed by atoms with Crippen LogP contribution in [-0.4, -0.2) is 14.8 Å². The molecule has 0 spiro atoms. The Morgan fingerprint density at radius 2 is 2.33 bits per heavy atom. The van der Waals surface area contributed by atoms with E-state index in [0.717, 1.165) is 0 Å². The monoisotopic (exact) mass is 161 g/mol. The van der Waals surface area contributed by atoms with Gasteiger partial charge in [-0.3, -0.25) is 9.78 Å². The minimum absolute atomic E-state index is 0.111. The summed E-state index contributed by atoms with van der Waals surface area (Å²) < 4.78 is 1.30. The summed E-state index contributed by atoms with van der Waals surface area (Å²) in [5, 5.41) is 4.46. The van der Waals surface area contributed by atoms with Crippen molar-refractivity contribution in [1.29, 1.82) is 0 Å². The van der Waals surface area contributed by atoms with E-state index in [0.29, 0.717) is 10.9 Å². The Kier molecular flexibility index (Phi) is 1.40. The first-order chi connectivity index (χ1) is 5.79. The van der Waals surface area contributed by atoms with Gasteiger partial charge in [-0.1, -0.05) is 0 Å². The fourth-order valence-electron chi connectivity index (χ4n) is 1.07. The molecule has 0 radical (unpaired) electrons. The van der Waals surface area contributed by atoms with E-state index in [1.54, 1.807) is 31.6 Å². The van der Waals surface area contributed by atoms with Gasteiger partial charge in [0.2, 0.25) is 0 Å². The van der Waals surface area contributed by atoms with Gasteiger partial charge in [0.15, 0.2) is 0 Å². The summed E-state index contributed by atoms with van der Waals surface area (Å²) in [6.45, 7) is 0. The van der Waals surface area contributed by atoms with Crippen molar-refractivity contribution in [1.82, 2.24) is 14.8 Å². The third-order valence-corrected chi connectivity index (χ3v) is 1.72. The lowest BCUT2D eigenvalue weighted by molar-refractivity contribution is 0.717. The Morgan fingerprint density at radius 3 is 3.17 bits per heavy atom. The van der Waals surface area contributed by atoms with Crippen molar-refractivity contribution in [3.63, 3.8) is 0 Å². The average molecular weight is 161 g/mol. The molecule has 12 heavy (non-hydrogen) atoms. The first-order valence-electron chi connectivity index (χ1n) is 3.56. The molecule has 2 rings (SSSR count). The summed E-state index contributed by atoms with van der Waals surface area (Å²) in [6.07, 6.45) is 3.22. The van der Waals surface area contributed by atoms with E-state index >= 15 is 0 Å². The fourth-order valence-corrected chi connectivity index (χ4v) is 1.07. The van der Waals surface area contributed by atoms with Gasteiger partial charge >= 0.3 is 0 Å². The maximum atomic E-state index is 11.4. The third-order valence-electron chi connectivity index (χ3n) is 1.72. The first-order valence-corrected chi connectivity index (χ1v) is 3.56. The molecular weight excluding hydrogens is 154 g/mol. The largest absolute Gasteiger partial charge is 0.275 e. The second-order valence-corrected chi connectivity index (χ2v) is 2.51. The van der Waals surface area contributed by atoms with Crippen LogP contribution in [0.4, 0.5) is 0 Å². The SMILES string of the molecule is Cn1ncc2ncccc2c1=O. The highest BCUT2D eigenvalue weighted by atomic mass is 16.1. The van der Waals surface area contributed by atoms with Crippen molar-refractivity contribution in [2.24, 2.45) is 7.05 Å². The number of aromatic nitrogens is 3. The van der Waals surface area contributed by atoms with Crippen LogP contribution < -0.4 is 5.56 Å². The Bertz CT molecular complexity index is 475. The summed E-state index contributed by atoms with van der Waals surface area (Å²) in [5.74, 6) is 0. The Morgan fingerprint density at radius 1 is 1.50 bits per heavy atom. The topological polar surface area (TPSA) is 47.8 Å². The van der Waals surface area contributed by atoms with Crippen LogP contribution >= 0.6 is 0 Å². The summed E-state index contributed by atoms with van der Waals surface area (Å²) in [5.41, 5.74) is 0.529. The Labute approximate surface area is 68.5 Å². The quantitative estimate of drug-likeness (QED) is 0.559. The van der Waals surface area contributed by atoms with E-state index in [1.807, 2.05) is 0 Å². The lowest BCUT2D eigenvalue weighted by Gasteiger charge is -1.96. The number of rotatable bonds is 0. The van der Waals surface area contributed by atoms with Crippen molar-refractivity contribution in [2.45, 2.75) is 0 Å². The highest BCUT2D eigenvalue weighted by molar-refractivity contribution is 5.75. The average Bonchev–Trinajstić information content (AvgIpc) is 2.12. The molecule has 0 aliphatic carbocycles. The molecule has 4 heteroatoms. The maximum absolute atomic E-state index is 11.4. The summed E-state index contributed by atoms with van der Waals surface area (Å²) in [4.78, 5) is 15.4. The molecule has 0 unspecified atom stereocenters. The van der Waals surface area contributed by atoms with Crippen molar-refractivity contribution in [3.8, 4) is 0 Å². The Balaban J connectivity index is 3.01. The molecule has 0 aliphatic rings. The summed E-state index contributed by atoms with van der Waals surface area (Å²) >= 11 is 0. The molecule has 0 fully saturated rings. The molecule has 0 saturated heterocycles. The zero-order chi connectivity index (χ0) is 8.55. The third kappa shape index (κ3) is 0.887. The second-order valence-electron chi connectivity index (χ2n) is 2.51. The van der Waals surface area contributed by atoms with E-state index in [2.05, 4.69) is 10.1 Å². The maximum Gasteiger partial charge on any atom is 0.275 e. The van der Waals surface area contributed by atoms with Crippen LogP contribution in [0.2, 0.25) is 0 Å². The van der Waals surface area contributed by atoms with Gasteiger partial charge in [-0.15, -0.1) is 0 Å². The van der Waals surface area contributed by atoms with E-state index in [1.165, 1.54) is 4.68 Å². The highest BCUT2D eigenvalue weighted by Crippen LogP contribution is 2.01. The molecule has 0 aromatic carbocycles. The van der Waals surface area contributed by atoms with Crippen LogP contribution in [0.3, 0.4) is 0 Å². The molecule has 0 bridgehead atoms. The zero-order valence-electron chi connectivity index (χ0n) is 6.56. The predicted molar refractivity (Wildman–Crippen MR) is 44.8 cm³/mol. The lowest BCUT2D eigenvalue weighted by atomic mass is 10.3. The minimum atomic E-state index is -0.111. The van der Waals surface area contributed by atoms with Gasteiger partial charge in [0, 0.05) is 13.2 Å². The van der Waals surface area contributed by atoms with E-state index in [4.69, 9.17) is 0 Å². The van der Waals surface area contributed by atoms with Gasteiger partial charge < -0.3 is 0 Å². The number of fused-ring (bicyclic) bond motifs is 1. The van der Waals surface area contributed by atoms with E-state index in [9.17, 15) is 4.79 Å². The molecule has 0 N–H and O–H groups in total. The van der Waals surface area contributed by atoms with Crippen molar-refractivity contribution >= 4 is 10.9 Å². The molecule has 2 heterocycles. The molecule has 0 aliphatic heterocycles. The second kappa shape index (κ2) is 2.41. The molecule has 0 saturated carbocycles. The number of hydrogen-bond donors (Lipinski definition) is 0. The molecule has 60 valence electrons. The minimum Gasteiger partial charge on any atom is -0.267 e. The van der Waals surface area contributed by atoms with Crippen LogP contribution in [0.5, 0.6) is 0 Å². The molecule has 4 nitrogen and oxygen atoms in total. The zero-order valence-corrected chi connectivity index (χ0v) is 6.56. The van der Waals surface area contributed by atoms with Crippen LogP contribution in [0.15, 0.2) is 29.3 Å². The summed E-state index contributed by atoms with van der Waals surface area (Å²) in [7, 11) is 1.62. The van der Waals surface area contributed by atoms with Crippen LogP contribution in [0, 0.1) is 0 Å². The highest BCUT2D eigenvalue weighted by Gasteiger charge is 1.99. The summed E-state index contributed by atoms with van der Waals surface area (Å²) in [6, 6.07) is 3.48. The molecule has 0 amide bonds.